The van der Waals surface area contributed by atoms with Crippen LogP contribution in [0.5, 0.6) is 0 Å². The molecule has 4 rings (SSSR count). The Kier molecular flexibility index (Phi) is 7.03. The fraction of sp³-hybridized carbons (Fsp3) is 0.667. The monoisotopic (exact) mass is 450 g/mol. The number of carbonyl (C=O) groups is 1. The summed E-state index contributed by atoms with van der Waals surface area (Å²) in [7, 11) is 0. The molecule has 0 aliphatic carbocycles. The number of likely N-dealkylation sites (tertiary alicyclic amines) is 2. The van der Waals surface area contributed by atoms with E-state index in [2.05, 4.69) is 16.8 Å². The van der Waals surface area contributed by atoms with Crippen LogP contribution in [0.3, 0.4) is 0 Å². The number of aromatic amines is 1. The van der Waals surface area contributed by atoms with Crippen molar-refractivity contribution < 1.29 is 15.3 Å². The minimum atomic E-state index is -0.496. The molecule has 180 valence electrons. The molecular formula is C24H39FN4O3. The van der Waals surface area contributed by atoms with Crippen LogP contribution in [0, 0.1) is 5.82 Å². The van der Waals surface area contributed by atoms with E-state index in [1.807, 2.05) is 34.6 Å². The Morgan fingerprint density at radius 3 is 2.50 bits per heavy atom. The van der Waals surface area contributed by atoms with Crippen LogP contribution < -0.4 is 5.69 Å². The average molecular weight is 451 g/mol. The van der Waals surface area contributed by atoms with Crippen molar-refractivity contribution in [3.63, 3.8) is 0 Å². The molecule has 0 radical (unpaired) electrons. The second-order valence-corrected chi connectivity index (χ2v) is 9.83. The lowest BCUT2D eigenvalue weighted by molar-refractivity contribution is 0.0221. The molecular weight excluding hydrogens is 411 g/mol. The standard InChI is InChI=1S/C22H31FN4O3.C2H6.H2/c1-21(2,3)30-20(29)25-12-9-22(4,14-25)26-10-7-16(8-11-26)27-18-6-5-15(23)13-17(18)24-19(27)28;1-2;/h5-6,13,16H,7-12,14H2,1-4H3,(H,24,28);1-2H3;1H. The van der Waals surface area contributed by atoms with E-state index in [0.717, 1.165) is 37.9 Å². The molecule has 8 heteroatoms. The zero-order valence-electron chi connectivity index (χ0n) is 20.2. The van der Waals surface area contributed by atoms with Gasteiger partial charge in [-0.25, -0.2) is 14.0 Å². The predicted octanol–water partition coefficient (Wildman–Crippen LogP) is 4.78. The molecule has 1 aromatic carbocycles. The summed E-state index contributed by atoms with van der Waals surface area (Å²) < 4.78 is 20.8. The summed E-state index contributed by atoms with van der Waals surface area (Å²) >= 11 is 0. The van der Waals surface area contributed by atoms with E-state index in [-0.39, 0.29) is 30.6 Å². The van der Waals surface area contributed by atoms with E-state index < -0.39 is 5.60 Å². The van der Waals surface area contributed by atoms with Crippen LogP contribution >= 0.6 is 0 Å². The Labute approximate surface area is 191 Å². The molecule has 1 N–H and O–H groups in total. The van der Waals surface area contributed by atoms with Crippen LogP contribution in [0.4, 0.5) is 9.18 Å². The van der Waals surface area contributed by atoms with E-state index in [4.69, 9.17) is 4.74 Å². The molecule has 7 nitrogen and oxygen atoms in total. The molecule has 2 aromatic rings. The van der Waals surface area contributed by atoms with Crippen LogP contribution in [-0.4, -0.2) is 62.8 Å². The Bertz CT molecular complexity index is 1010. The smallest absolute Gasteiger partial charge is 0.410 e. The molecule has 1 aromatic heterocycles. The summed E-state index contributed by atoms with van der Waals surface area (Å²) in [5, 5.41) is 0. The number of imidazole rings is 1. The number of fused-ring (bicyclic) bond motifs is 1. The summed E-state index contributed by atoms with van der Waals surface area (Å²) in [6.07, 6.45) is 2.33. The Morgan fingerprint density at radius 2 is 1.88 bits per heavy atom. The topological polar surface area (TPSA) is 70.6 Å². The first-order valence-corrected chi connectivity index (χ1v) is 11.7. The number of hydrogen-bond acceptors (Lipinski definition) is 4. The number of H-pyrrole nitrogens is 1. The maximum Gasteiger partial charge on any atom is 0.410 e. The number of rotatable bonds is 2. The highest BCUT2D eigenvalue weighted by molar-refractivity contribution is 5.75. The highest BCUT2D eigenvalue weighted by Gasteiger charge is 2.43. The van der Waals surface area contributed by atoms with Gasteiger partial charge in [-0.15, -0.1) is 0 Å². The van der Waals surface area contributed by atoms with E-state index >= 15 is 0 Å². The summed E-state index contributed by atoms with van der Waals surface area (Å²) in [6, 6.07) is 4.52. The minimum Gasteiger partial charge on any atom is -0.444 e. The van der Waals surface area contributed by atoms with Gasteiger partial charge in [-0.05, 0) is 65.2 Å². The van der Waals surface area contributed by atoms with E-state index in [0.29, 0.717) is 18.6 Å². The van der Waals surface area contributed by atoms with Crippen LogP contribution in [0.1, 0.15) is 68.3 Å². The maximum absolute atomic E-state index is 13.5. The number of nitrogens with one attached hydrogen (secondary N) is 1. The quantitative estimate of drug-likeness (QED) is 0.715. The molecule has 0 bridgehead atoms. The zero-order chi connectivity index (χ0) is 23.7. The van der Waals surface area contributed by atoms with E-state index in [1.165, 1.54) is 12.1 Å². The Morgan fingerprint density at radius 1 is 1.22 bits per heavy atom. The van der Waals surface area contributed by atoms with Crippen molar-refractivity contribution >= 4 is 17.1 Å². The lowest BCUT2D eigenvalue weighted by Crippen LogP contribution is -2.52. The number of amides is 1. The highest BCUT2D eigenvalue weighted by Crippen LogP contribution is 2.34. The third-order valence-electron chi connectivity index (χ3n) is 6.38. The Hall–Kier alpha value is -2.35. The number of nitrogens with zero attached hydrogens (tertiary/aromatic N) is 3. The predicted molar refractivity (Wildman–Crippen MR) is 127 cm³/mol. The second-order valence-electron chi connectivity index (χ2n) is 9.83. The van der Waals surface area contributed by atoms with Gasteiger partial charge in [-0.3, -0.25) is 9.47 Å². The third-order valence-corrected chi connectivity index (χ3v) is 6.38. The summed E-state index contributed by atoms with van der Waals surface area (Å²) in [5.41, 5.74) is 0.526. The van der Waals surface area contributed by atoms with Crippen LogP contribution in [0.2, 0.25) is 0 Å². The van der Waals surface area contributed by atoms with Crippen LogP contribution in [0.25, 0.3) is 11.0 Å². The fourth-order valence-corrected chi connectivity index (χ4v) is 4.82. The Balaban J connectivity index is 0.00000125. The molecule has 0 spiro atoms. The van der Waals surface area contributed by atoms with E-state index in [1.54, 1.807) is 15.5 Å². The van der Waals surface area contributed by atoms with Crippen molar-refractivity contribution in [2.45, 2.75) is 78.0 Å². The van der Waals surface area contributed by atoms with Gasteiger partial charge in [0.1, 0.15) is 11.4 Å². The van der Waals surface area contributed by atoms with Gasteiger partial charge in [-0.2, -0.15) is 0 Å². The van der Waals surface area contributed by atoms with Crippen LogP contribution in [0.15, 0.2) is 23.0 Å². The SMILES string of the molecule is CC.CC(C)(C)OC(=O)N1CCC(C)(N2CCC(n3c(=O)[nH]c4cc(F)ccc43)CC2)C1.[HH]. The zero-order valence-corrected chi connectivity index (χ0v) is 20.2. The van der Waals surface area contributed by atoms with Gasteiger partial charge in [0.2, 0.25) is 0 Å². The lowest BCUT2D eigenvalue weighted by Gasteiger charge is -2.43. The highest BCUT2D eigenvalue weighted by atomic mass is 19.1. The molecule has 2 fully saturated rings. The molecule has 32 heavy (non-hydrogen) atoms. The molecule has 2 aliphatic rings. The average Bonchev–Trinajstić information content (AvgIpc) is 3.28. The van der Waals surface area contributed by atoms with Gasteiger partial charge in [0.25, 0.3) is 0 Å². The number of hydrogen-bond donors (Lipinski definition) is 1. The first kappa shape index (κ1) is 24.3. The minimum absolute atomic E-state index is 0. The maximum atomic E-state index is 13.5. The fourth-order valence-electron chi connectivity index (χ4n) is 4.82. The normalized spacial score (nSPS) is 22.7. The van der Waals surface area contributed by atoms with Gasteiger partial charge in [0, 0.05) is 39.2 Å². The number of halogens is 1. The molecule has 3 heterocycles. The van der Waals surface area contributed by atoms with Crippen molar-refractivity contribution in [2.75, 3.05) is 26.2 Å². The first-order valence-electron chi connectivity index (χ1n) is 11.7. The van der Waals surface area contributed by atoms with E-state index in [9.17, 15) is 14.0 Å². The molecule has 1 unspecified atom stereocenters. The van der Waals surface area contributed by atoms with Crippen molar-refractivity contribution in [1.29, 1.82) is 0 Å². The molecule has 0 saturated carbocycles. The number of piperidine rings is 1. The molecule has 2 saturated heterocycles. The van der Waals surface area contributed by atoms with Gasteiger partial charge < -0.3 is 14.6 Å². The van der Waals surface area contributed by atoms with Gasteiger partial charge in [0.05, 0.1) is 11.0 Å². The number of aromatic nitrogens is 2. The van der Waals surface area contributed by atoms with Crippen molar-refractivity contribution in [3.05, 3.63) is 34.5 Å². The second kappa shape index (κ2) is 9.25. The molecule has 1 amide bonds. The van der Waals surface area contributed by atoms with Gasteiger partial charge in [-0.1, -0.05) is 13.8 Å². The molecule has 1 atom stereocenters. The largest absolute Gasteiger partial charge is 0.444 e. The molecule has 2 aliphatic heterocycles. The first-order chi connectivity index (χ1) is 15.1. The summed E-state index contributed by atoms with van der Waals surface area (Å²) in [4.78, 5) is 31.9. The summed E-state index contributed by atoms with van der Waals surface area (Å²) in [5.74, 6) is -0.352. The van der Waals surface area contributed by atoms with Crippen molar-refractivity contribution in [1.82, 2.24) is 19.4 Å². The van der Waals surface area contributed by atoms with Crippen LogP contribution in [-0.2, 0) is 4.74 Å². The summed E-state index contributed by atoms with van der Waals surface area (Å²) in [6.45, 7) is 14.9. The van der Waals surface area contributed by atoms with Gasteiger partial charge >= 0.3 is 11.8 Å². The van der Waals surface area contributed by atoms with Gasteiger partial charge in [0.15, 0.2) is 0 Å². The number of carbonyl (C=O) groups excluding carboxylic acids is 1. The number of ether oxygens (including phenoxy) is 1. The van der Waals surface area contributed by atoms with Crippen molar-refractivity contribution in [3.8, 4) is 0 Å². The third kappa shape index (κ3) is 5.00. The number of benzene rings is 1. The lowest BCUT2D eigenvalue weighted by atomic mass is 9.94. The van der Waals surface area contributed by atoms with Crippen molar-refractivity contribution in [2.24, 2.45) is 0 Å².